The van der Waals surface area contributed by atoms with Crippen LogP contribution in [0.1, 0.15) is 25.1 Å². The highest BCUT2D eigenvalue weighted by Crippen LogP contribution is 2.32. The third-order valence-corrected chi connectivity index (χ3v) is 5.45. The van der Waals surface area contributed by atoms with Gasteiger partial charge in [-0.3, -0.25) is 0 Å². The highest BCUT2D eigenvalue weighted by Gasteiger charge is 2.21. The van der Waals surface area contributed by atoms with Crippen molar-refractivity contribution >= 4 is 43.2 Å². The normalized spacial score (nSPS) is 15.7. The molecule has 74 valence electrons. The predicted octanol–water partition coefficient (Wildman–Crippen LogP) is 4.86. The lowest BCUT2D eigenvalue weighted by atomic mass is 9.86. The first kappa shape index (κ1) is 11.7. The Balaban J connectivity index is 2.67. The number of rotatable bonds is 4. The first-order valence-corrected chi connectivity index (χ1v) is 7.18. The van der Waals surface area contributed by atoms with Gasteiger partial charge in [0.15, 0.2) is 0 Å². The molecule has 1 unspecified atom stereocenters. The molecule has 0 aliphatic rings. The molecule has 0 nitrogen and oxygen atoms in total. The molecule has 0 fully saturated rings. The van der Waals surface area contributed by atoms with E-state index >= 15 is 0 Å². The molecule has 0 aromatic carbocycles. The highest BCUT2D eigenvalue weighted by atomic mass is 79.9. The number of hydrogen-bond donors (Lipinski definition) is 0. The van der Waals surface area contributed by atoms with Crippen LogP contribution in [0, 0.1) is 5.41 Å². The van der Waals surface area contributed by atoms with Gasteiger partial charge in [0.1, 0.15) is 0 Å². The van der Waals surface area contributed by atoms with E-state index in [2.05, 4.69) is 57.2 Å². The summed E-state index contributed by atoms with van der Waals surface area (Å²) in [5.41, 5.74) is 0.407. The molecule has 1 atom stereocenters. The van der Waals surface area contributed by atoms with E-state index in [1.165, 1.54) is 22.2 Å². The molecule has 3 heteroatoms. The average Bonchev–Trinajstić information content (AvgIpc) is 2.51. The van der Waals surface area contributed by atoms with E-state index in [4.69, 9.17) is 0 Å². The summed E-state index contributed by atoms with van der Waals surface area (Å²) in [7, 11) is 0. The quantitative estimate of drug-likeness (QED) is 0.693. The van der Waals surface area contributed by atoms with Crippen molar-refractivity contribution in [2.75, 3.05) is 5.33 Å². The molecule has 0 saturated carbocycles. The van der Waals surface area contributed by atoms with E-state index in [0.717, 1.165) is 5.33 Å². The lowest BCUT2D eigenvalue weighted by Gasteiger charge is -2.24. The summed E-state index contributed by atoms with van der Waals surface area (Å²) >= 11 is 8.91. The molecule has 0 N–H and O–H groups in total. The fraction of sp³-hybridized carbons (Fsp3) is 0.600. The van der Waals surface area contributed by atoms with Crippen molar-refractivity contribution < 1.29 is 0 Å². The fourth-order valence-electron chi connectivity index (χ4n) is 1.13. The maximum Gasteiger partial charge on any atom is 0.0285 e. The van der Waals surface area contributed by atoms with Crippen LogP contribution in [-0.4, -0.2) is 5.33 Å². The van der Waals surface area contributed by atoms with Crippen LogP contribution in [0.15, 0.2) is 15.9 Å². The zero-order chi connectivity index (χ0) is 9.90. The van der Waals surface area contributed by atoms with Gasteiger partial charge >= 0.3 is 0 Å². The Labute approximate surface area is 101 Å². The van der Waals surface area contributed by atoms with Crippen LogP contribution in [0.25, 0.3) is 0 Å². The minimum atomic E-state index is 0.407. The van der Waals surface area contributed by atoms with E-state index in [9.17, 15) is 0 Å². The average molecular weight is 326 g/mol. The third kappa shape index (κ3) is 3.37. The Morgan fingerprint density at radius 3 is 2.62 bits per heavy atom. The molecule has 1 aromatic heterocycles. The first-order chi connectivity index (χ1) is 6.09. The van der Waals surface area contributed by atoms with E-state index in [1.807, 2.05) is 11.3 Å². The van der Waals surface area contributed by atoms with Crippen LogP contribution in [0.3, 0.4) is 0 Å². The van der Waals surface area contributed by atoms with Crippen LogP contribution in [0.4, 0.5) is 0 Å². The largest absolute Gasteiger partial charge is 0.148 e. The minimum Gasteiger partial charge on any atom is -0.148 e. The van der Waals surface area contributed by atoms with Gasteiger partial charge in [0.2, 0.25) is 0 Å². The maximum atomic E-state index is 3.59. The van der Waals surface area contributed by atoms with Crippen molar-refractivity contribution in [3.05, 3.63) is 20.8 Å². The van der Waals surface area contributed by atoms with E-state index < -0.39 is 0 Å². The molecule has 13 heavy (non-hydrogen) atoms. The summed E-state index contributed by atoms with van der Waals surface area (Å²) in [6, 6.07) is 2.22. The van der Waals surface area contributed by atoms with Gasteiger partial charge in [0.25, 0.3) is 0 Å². The molecule has 0 bridgehead atoms. The molecule has 0 aliphatic heterocycles. The third-order valence-electron chi connectivity index (χ3n) is 2.40. The van der Waals surface area contributed by atoms with Crippen LogP contribution < -0.4 is 0 Å². The molecule has 0 aliphatic carbocycles. The van der Waals surface area contributed by atoms with Crippen LogP contribution in [0.2, 0.25) is 0 Å². The SMILES string of the molecule is CCC(C)(CBr)Cc1cc(Br)cs1. The Kier molecular flexibility index (Phi) is 4.46. The fourth-order valence-corrected chi connectivity index (χ4v) is 3.40. The van der Waals surface area contributed by atoms with Gasteiger partial charge in [-0.25, -0.2) is 0 Å². The zero-order valence-electron chi connectivity index (χ0n) is 7.94. The van der Waals surface area contributed by atoms with Gasteiger partial charge < -0.3 is 0 Å². The maximum absolute atomic E-state index is 3.59. The monoisotopic (exact) mass is 324 g/mol. The first-order valence-electron chi connectivity index (χ1n) is 4.38. The van der Waals surface area contributed by atoms with Crippen molar-refractivity contribution in [1.82, 2.24) is 0 Å². The molecular weight excluding hydrogens is 312 g/mol. The van der Waals surface area contributed by atoms with Gasteiger partial charge in [-0.2, -0.15) is 0 Å². The van der Waals surface area contributed by atoms with Crippen molar-refractivity contribution in [3.63, 3.8) is 0 Å². The Morgan fingerprint density at radius 2 is 2.23 bits per heavy atom. The molecule has 0 spiro atoms. The topological polar surface area (TPSA) is 0 Å². The minimum absolute atomic E-state index is 0.407. The van der Waals surface area contributed by atoms with Gasteiger partial charge in [-0.1, -0.05) is 29.8 Å². The summed E-state index contributed by atoms with van der Waals surface area (Å²) in [4.78, 5) is 1.47. The van der Waals surface area contributed by atoms with Crippen LogP contribution in [-0.2, 0) is 6.42 Å². The second-order valence-electron chi connectivity index (χ2n) is 3.71. The summed E-state index contributed by atoms with van der Waals surface area (Å²) < 4.78 is 1.21. The van der Waals surface area contributed by atoms with E-state index in [1.54, 1.807) is 0 Å². The Morgan fingerprint density at radius 1 is 1.54 bits per heavy atom. The van der Waals surface area contributed by atoms with Gasteiger partial charge in [-0.15, -0.1) is 11.3 Å². The summed E-state index contributed by atoms with van der Waals surface area (Å²) in [5.74, 6) is 0. The second kappa shape index (κ2) is 4.94. The number of halogens is 2. The molecule has 0 saturated heterocycles. The molecule has 1 heterocycles. The van der Waals surface area contributed by atoms with Crippen LogP contribution in [0.5, 0.6) is 0 Å². The summed E-state index contributed by atoms with van der Waals surface area (Å²) in [6.45, 7) is 4.58. The molecule has 0 radical (unpaired) electrons. The lowest BCUT2D eigenvalue weighted by Crippen LogP contribution is -2.19. The van der Waals surface area contributed by atoms with Crippen molar-refractivity contribution in [1.29, 1.82) is 0 Å². The number of alkyl halides is 1. The smallest absolute Gasteiger partial charge is 0.0285 e. The van der Waals surface area contributed by atoms with Gasteiger partial charge in [-0.05, 0) is 40.3 Å². The lowest BCUT2D eigenvalue weighted by molar-refractivity contribution is 0.364. The number of thiophene rings is 1. The van der Waals surface area contributed by atoms with E-state index in [0.29, 0.717) is 5.41 Å². The Hall–Kier alpha value is 0.660. The summed E-state index contributed by atoms with van der Waals surface area (Å²) in [6.07, 6.45) is 2.39. The van der Waals surface area contributed by atoms with Crippen LogP contribution >= 0.6 is 43.2 Å². The van der Waals surface area contributed by atoms with Crippen molar-refractivity contribution in [2.45, 2.75) is 26.7 Å². The zero-order valence-corrected chi connectivity index (χ0v) is 11.9. The molecule has 1 rings (SSSR count). The predicted molar refractivity (Wildman–Crippen MR) is 67.9 cm³/mol. The molecule has 0 amide bonds. The summed E-state index contributed by atoms with van der Waals surface area (Å²) in [5, 5.41) is 3.23. The van der Waals surface area contributed by atoms with Gasteiger partial charge in [0, 0.05) is 20.1 Å². The van der Waals surface area contributed by atoms with Crippen molar-refractivity contribution in [2.24, 2.45) is 5.41 Å². The number of hydrogen-bond acceptors (Lipinski definition) is 1. The van der Waals surface area contributed by atoms with Crippen molar-refractivity contribution in [3.8, 4) is 0 Å². The van der Waals surface area contributed by atoms with E-state index in [-0.39, 0.29) is 0 Å². The standard InChI is InChI=1S/C10H14Br2S/c1-3-10(2,7-11)5-9-4-8(12)6-13-9/h4,6H,3,5,7H2,1-2H3. The highest BCUT2D eigenvalue weighted by molar-refractivity contribution is 9.10. The molecular formula is C10H14Br2S. The Bertz CT molecular complexity index is 264. The molecule has 1 aromatic rings. The second-order valence-corrected chi connectivity index (χ2v) is 6.18. The van der Waals surface area contributed by atoms with Gasteiger partial charge in [0.05, 0.1) is 0 Å².